The Morgan fingerprint density at radius 3 is 2.64 bits per heavy atom. The Labute approximate surface area is 197 Å². The molecule has 0 fully saturated rings. The zero-order chi connectivity index (χ0) is 23.8. The molecule has 6 nitrogen and oxygen atoms in total. The summed E-state index contributed by atoms with van der Waals surface area (Å²) in [4.78, 5) is 20.5. The molecule has 9 heteroatoms. The molecule has 4 rings (SSSR count). The Kier molecular flexibility index (Phi) is 6.55. The van der Waals surface area contributed by atoms with Crippen molar-refractivity contribution in [2.45, 2.75) is 32.4 Å². The second kappa shape index (κ2) is 9.24. The summed E-state index contributed by atoms with van der Waals surface area (Å²) in [6, 6.07) is 11.2. The average Bonchev–Trinajstić information content (AvgIpc) is 2.89. The van der Waals surface area contributed by atoms with Crippen LogP contribution in [0.1, 0.15) is 23.1 Å². The van der Waals surface area contributed by atoms with Gasteiger partial charge in [-0.25, -0.2) is 9.37 Å². The van der Waals surface area contributed by atoms with Gasteiger partial charge >= 0.3 is 0 Å². The molecule has 1 aromatic heterocycles. The normalized spacial score (nSPS) is 16.2. The number of hydrogen-bond donors (Lipinski definition) is 2. The van der Waals surface area contributed by atoms with Crippen LogP contribution in [0.4, 0.5) is 27.5 Å². The van der Waals surface area contributed by atoms with Gasteiger partial charge in [-0.3, -0.25) is 4.79 Å². The third-order valence-corrected chi connectivity index (χ3v) is 7.39. The van der Waals surface area contributed by atoms with Crippen molar-refractivity contribution >= 4 is 53.0 Å². The molecule has 0 saturated carbocycles. The van der Waals surface area contributed by atoms with Crippen LogP contribution < -0.4 is 15.9 Å². The van der Waals surface area contributed by atoms with Crippen LogP contribution >= 0.6 is 18.7 Å². The number of nitrogens with one attached hydrogen (secondary N) is 2. The van der Waals surface area contributed by atoms with E-state index in [4.69, 9.17) is 11.6 Å². The summed E-state index contributed by atoms with van der Waals surface area (Å²) >= 11 is 6.34. The molecule has 1 atom stereocenters. The van der Waals surface area contributed by atoms with Gasteiger partial charge in [0.05, 0.1) is 11.9 Å². The summed E-state index contributed by atoms with van der Waals surface area (Å²) < 4.78 is 26.7. The van der Waals surface area contributed by atoms with Gasteiger partial charge in [0.25, 0.3) is 0 Å². The fourth-order valence-corrected chi connectivity index (χ4v) is 5.18. The summed E-state index contributed by atoms with van der Waals surface area (Å²) in [6.45, 7) is 5.39. The van der Waals surface area contributed by atoms with Crippen LogP contribution in [0.5, 0.6) is 0 Å². The molecule has 3 aromatic rings. The highest BCUT2D eigenvalue weighted by atomic mass is 35.5. The Bertz CT molecular complexity index is 1280. The second-order valence-electron chi connectivity index (χ2n) is 8.63. The largest absolute Gasteiger partial charge is 0.338 e. The van der Waals surface area contributed by atoms with Crippen LogP contribution in [0.25, 0.3) is 0 Å². The van der Waals surface area contributed by atoms with Gasteiger partial charge in [0.15, 0.2) is 17.8 Å². The monoisotopic (exact) mass is 486 g/mol. The highest BCUT2D eigenvalue weighted by molar-refractivity contribution is 7.70. The molecular formula is C24H25ClFN4O2P. The van der Waals surface area contributed by atoms with Gasteiger partial charge in [-0.1, -0.05) is 29.3 Å². The molecule has 2 aromatic carbocycles. The molecule has 0 aliphatic heterocycles. The van der Waals surface area contributed by atoms with E-state index in [-0.39, 0.29) is 18.6 Å². The van der Waals surface area contributed by atoms with Crippen molar-refractivity contribution in [3.05, 3.63) is 64.3 Å². The molecule has 1 aliphatic rings. The lowest BCUT2D eigenvalue weighted by atomic mass is 10.0. The van der Waals surface area contributed by atoms with Crippen molar-refractivity contribution < 1.29 is 13.8 Å². The predicted molar refractivity (Wildman–Crippen MR) is 132 cm³/mol. The number of hydrogen-bond acceptors (Lipinski definition) is 6. The third kappa shape index (κ3) is 5.43. The number of nitrogens with zero attached hydrogens (tertiary/aromatic N) is 2. The number of alkyl halides is 1. The lowest BCUT2D eigenvalue weighted by molar-refractivity contribution is -0.123. The van der Waals surface area contributed by atoms with E-state index in [9.17, 15) is 13.8 Å². The topological polar surface area (TPSA) is 84.0 Å². The second-order valence-corrected chi connectivity index (χ2v) is 12.2. The number of Topliss-reactive ketones (excluding diaryl/α,β-unsaturated/α-hetero) is 1. The lowest BCUT2D eigenvalue weighted by Gasteiger charge is -2.17. The zero-order valence-electron chi connectivity index (χ0n) is 18.7. The molecular weight excluding hydrogens is 462 g/mol. The van der Waals surface area contributed by atoms with Crippen molar-refractivity contribution in [3.63, 3.8) is 0 Å². The highest BCUT2D eigenvalue weighted by Gasteiger charge is 2.23. The van der Waals surface area contributed by atoms with Gasteiger partial charge in [0.2, 0.25) is 5.95 Å². The van der Waals surface area contributed by atoms with Crippen molar-refractivity contribution in [2.75, 3.05) is 24.0 Å². The summed E-state index contributed by atoms with van der Waals surface area (Å²) in [7, 11) is -2.54. The number of benzene rings is 2. The first kappa shape index (κ1) is 23.4. The molecule has 172 valence electrons. The van der Waals surface area contributed by atoms with E-state index in [1.165, 1.54) is 6.20 Å². The Hall–Kier alpha value is -2.76. The molecule has 1 aliphatic carbocycles. The Balaban J connectivity index is 1.60. The third-order valence-electron chi connectivity index (χ3n) is 5.58. The molecule has 0 amide bonds. The molecule has 0 saturated heterocycles. The molecule has 1 heterocycles. The van der Waals surface area contributed by atoms with Crippen LogP contribution in [-0.4, -0.2) is 35.3 Å². The molecule has 0 bridgehead atoms. The average molecular weight is 487 g/mol. The van der Waals surface area contributed by atoms with Gasteiger partial charge in [-0.15, -0.1) is 0 Å². The summed E-state index contributed by atoms with van der Waals surface area (Å²) in [6.07, 6.45) is 0.855. The van der Waals surface area contributed by atoms with Gasteiger partial charge < -0.3 is 15.2 Å². The number of anilines is 4. The number of aromatic nitrogens is 2. The Morgan fingerprint density at radius 2 is 1.88 bits per heavy atom. The number of ketones is 1. The van der Waals surface area contributed by atoms with Crippen LogP contribution in [0.2, 0.25) is 5.02 Å². The quantitative estimate of drug-likeness (QED) is 0.362. The van der Waals surface area contributed by atoms with E-state index >= 15 is 0 Å². The Morgan fingerprint density at radius 1 is 1.09 bits per heavy atom. The van der Waals surface area contributed by atoms with Crippen molar-refractivity contribution in [2.24, 2.45) is 0 Å². The number of fused-ring (bicyclic) bond motifs is 1. The number of rotatable bonds is 5. The molecule has 0 radical (unpaired) electrons. The lowest BCUT2D eigenvalue weighted by Crippen LogP contribution is -2.15. The SMILES string of the molecule is Cc1ccc(Nc2nc(Nc3ccc4c(c3)CCC(=O)C(F)C4)ncc2Cl)c(P(C)(C)=O)c1. The number of aryl methyl sites for hydroxylation is 2. The molecule has 33 heavy (non-hydrogen) atoms. The molecule has 2 N–H and O–H groups in total. The summed E-state index contributed by atoms with van der Waals surface area (Å²) in [5, 5.41) is 7.39. The predicted octanol–water partition coefficient (Wildman–Crippen LogP) is 5.57. The van der Waals surface area contributed by atoms with Crippen LogP contribution in [0, 0.1) is 6.92 Å². The molecule has 1 unspecified atom stereocenters. The first-order valence-corrected chi connectivity index (χ1v) is 13.6. The van der Waals surface area contributed by atoms with E-state index in [2.05, 4.69) is 20.6 Å². The zero-order valence-corrected chi connectivity index (χ0v) is 20.3. The van der Waals surface area contributed by atoms with E-state index in [0.717, 1.165) is 27.7 Å². The van der Waals surface area contributed by atoms with Gasteiger partial charge in [-0.2, -0.15) is 4.98 Å². The standard InChI is InChI=1S/C24H25ClFN4O2P/c1-14-4-8-20(22(10-14)33(2,3)32)29-23-18(25)13-27-24(30-23)28-17-7-5-16-12-19(26)21(31)9-6-15(16)11-17/h4-5,7-8,10-11,13,19H,6,9,12H2,1-3H3,(H2,27,28,29,30). The van der Waals surface area contributed by atoms with Gasteiger partial charge in [0.1, 0.15) is 12.2 Å². The maximum atomic E-state index is 13.9. The fourth-order valence-electron chi connectivity index (χ4n) is 3.82. The smallest absolute Gasteiger partial charge is 0.229 e. The molecule has 0 spiro atoms. The van der Waals surface area contributed by atoms with Crippen LogP contribution in [0.3, 0.4) is 0 Å². The van der Waals surface area contributed by atoms with E-state index in [1.54, 1.807) is 13.3 Å². The first-order valence-electron chi connectivity index (χ1n) is 10.6. The first-order chi connectivity index (χ1) is 15.6. The summed E-state index contributed by atoms with van der Waals surface area (Å²) in [5.41, 5.74) is 4.20. The number of halogens is 2. The fraction of sp³-hybridized carbons (Fsp3) is 0.292. The number of carbonyl (C=O) groups is 1. The minimum Gasteiger partial charge on any atom is -0.338 e. The van der Waals surface area contributed by atoms with Crippen molar-refractivity contribution in [1.82, 2.24) is 9.97 Å². The van der Waals surface area contributed by atoms with Gasteiger partial charge in [-0.05, 0) is 62.1 Å². The minimum absolute atomic E-state index is 0.109. The maximum absolute atomic E-state index is 13.9. The summed E-state index contributed by atoms with van der Waals surface area (Å²) in [5.74, 6) is 0.352. The minimum atomic E-state index is -2.54. The van der Waals surface area contributed by atoms with Crippen molar-refractivity contribution in [3.8, 4) is 0 Å². The van der Waals surface area contributed by atoms with Crippen LogP contribution in [0.15, 0.2) is 42.6 Å². The highest BCUT2D eigenvalue weighted by Crippen LogP contribution is 2.39. The van der Waals surface area contributed by atoms with Crippen LogP contribution in [-0.2, 0) is 22.2 Å². The van der Waals surface area contributed by atoms with E-state index < -0.39 is 13.3 Å². The van der Waals surface area contributed by atoms with E-state index in [1.807, 2.05) is 43.3 Å². The number of carbonyl (C=O) groups excluding carboxylic acids is 1. The van der Waals surface area contributed by atoms with Crippen molar-refractivity contribution in [1.29, 1.82) is 0 Å². The maximum Gasteiger partial charge on any atom is 0.229 e. The van der Waals surface area contributed by atoms with E-state index in [0.29, 0.717) is 28.9 Å². The van der Waals surface area contributed by atoms with Gasteiger partial charge in [0, 0.05) is 23.8 Å².